The molecule has 0 aliphatic rings. The summed E-state index contributed by atoms with van der Waals surface area (Å²) in [6.45, 7) is 16.5. The molecule has 0 amide bonds. The maximum absolute atomic E-state index is 8.81. The summed E-state index contributed by atoms with van der Waals surface area (Å²) < 4.78 is 1.20. The second kappa shape index (κ2) is 18.4. The molecule has 0 heterocycles. The third kappa shape index (κ3) is 22.5. The zero-order valence-corrected chi connectivity index (χ0v) is 16.2. The fourth-order valence-corrected chi connectivity index (χ4v) is 1.19. The van der Waals surface area contributed by atoms with E-state index in [0.29, 0.717) is 0 Å². The van der Waals surface area contributed by atoms with Gasteiger partial charge in [-0.1, -0.05) is 75.5 Å². The predicted octanol–water partition coefficient (Wildman–Crippen LogP) is 6.74. The van der Waals surface area contributed by atoms with Crippen molar-refractivity contribution < 1.29 is 4.79 Å². The molecule has 0 aromatic heterocycles. The Bertz CT molecular complexity index is 319. The number of carbonyl (C=O) groups is 1. The zero-order chi connectivity index (χ0) is 16.6. The summed E-state index contributed by atoms with van der Waals surface area (Å²) in [6, 6.07) is 6.34. The van der Waals surface area contributed by atoms with Crippen LogP contribution in [-0.4, -0.2) is 6.29 Å². The van der Waals surface area contributed by atoms with E-state index in [4.69, 9.17) is 4.79 Å². The van der Waals surface area contributed by atoms with Gasteiger partial charge in [-0.25, -0.2) is 0 Å². The molecule has 118 valence electrons. The number of halogens is 1. The summed E-state index contributed by atoms with van der Waals surface area (Å²) in [6.07, 6.45) is 3.31. The van der Waals surface area contributed by atoms with Gasteiger partial charge in [0.25, 0.3) is 0 Å². The maximum atomic E-state index is 8.81. The minimum Gasteiger partial charge on any atom is -0.304 e. The van der Waals surface area contributed by atoms with E-state index in [-0.39, 0.29) is 0 Å². The average molecular weight is 345 g/mol. The molecule has 0 aliphatic carbocycles. The number of aldehydes is 1. The van der Waals surface area contributed by atoms with Crippen LogP contribution >= 0.6 is 15.9 Å². The topological polar surface area (TPSA) is 17.1 Å². The summed E-state index contributed by atoms with van der Waals surface area (Å²) >= 11 is 3.45. The smallest absolute Gasteiger partial charge is 0.116 e. The number of benzene rings is 1. The molecule has 0 N–H and O–H groups in total. The number of rotatable bonds is 1. The van der Waals surface area contributed by atoms with Crippen LogP contribution in [0.4, 0.5) is 0 Å². The molecular weight excluding hydrogens is 312 g/mol. The third-order valence-corrected chi connectivity index (χ3v) is 3.00. The van der Waals surface area contributed by atoms with Crippen LogP contribution in [-0.2, 0) is 4.79 Å². The number of hydrogen-bond donors (Lipinski definition) is 0. The van der Waals surface area contributed by atoms with Gasteiger partial charge in [-0.05, 0) is 43.9 Å². The van der Waals surface area contributed by atoms with Gasteiger partial charge in [0.1, 0.15) is 6.29 Å². The molecule has 0 saturated carbocycles. The monoisotopic (exact) mass is 344 g/mol. The van der Waals surface area contributed by atoms with Crippen LogP contribution in [0.2, 0.25) is 0 Å². The van der Waals surface area contributed by atoms with E-state index < -0.39 is 0 Å². The first-order chi connectivity index (χ1) is 9.30. The molecule has 0 radical (unpaired) electrons. The van der Waals surface area contributed by atoms with Crippen LogP contribution in [0.3, 0.4) is 0 Å². The molecule has 0 unspecified atom stereocenters. The van der Waals surface area contributed by atoms with Crippen molar-refractivity contribution in [3.63, 3.8) is 0 Å². The predicted molar refractivity (Wildman–Crippen MR) is 96.4 cm³/mol. The second-order valence-electron chi connectivity index (χ2n) is 5.00. The molecule has 1 aromatic rings. The second-order valence-corrected chi connectivity index (χ2v) is 5.85. The molecular formula is C18H33BrO. The van der Waals surface area contributed by atoms with Crippen molar-refractivity contribution in [1.29, 1.82) is 0 Å². The van der Waals surface area contributed by atoms with E-state index >= 15 is 0 Å². The van der Waals surface area contributed by atoms with Crippen LogP contribution in [0.5, 0.6) is 0 Å². The van der Waals surface area contributed by atoms with Crippen molar-refractivity contribution in [3.8, 4) is 0 Å². The van der Waals surface area contributed by atoms with Crippen LogP contribution in [0.25, 0.3) is 0 Å². The lowest BCUT2D eigenvalue weighted by Gasteiger charge is -1.96. The van der Waals surface area contributed by atoms with Crippen molar-refractivity contribution in [2.45, 2.75) is 68.2 Å². The molecule has 20 heavy (non-hydrogen) atoms. The van der Waals surface area contributed by atoms with Gasteiger partial charge >= 0.3 is 0 Å². The largest absolute Gasteiger partial charge is 0.304 e. The Morgan fingerprint density at radius 2 is 1.50 bits per heavy atom. The van der Waals surface area contributed by atoms with Crippen LogP contribution in [0.15, 0.2) is 22.7 Å². The van der Waals surface area contributed by atoms with E-state index in [1.165, 1.54) is 35.4 Å². The summed E-state index contributed by atoms with van der Waals surface area (Å²) in [5.74, 6) is 0.884. The van der Waals surface area contributed by atoms with Gasteiger partial charge in [-0.15, -0.1) is 0 Å². The lowest BCUT2D eigenvalue weighted by molar-refractivity contribution is -0.106. The Labute approximate surface area is 135 Å². The molecule has 1 nitrogen and oxygen atoms in total. The minimum atomic E-state index is 0.750. The first kappa shape index (κ1) is 24.4. The Morgan fingerprint density at radius 1 is 1.15 bits per heavy atom. The van der Waals surface area contributed by atoms with E-state index in [2.05, 4.69) is 82.6 Å². The van der Waals surface area contributed by atoms with E-state index in [0.717, 1.165) is 12.2 Å². The average Bonchev–Trinajstić information content (AvgIpc) is 2.37. The maximum Gasteiger partial charge on any atom is 0.116 e. The molecule has 0 atom stereocenters. The molecule has 0 saturated heterocycles. The number of hydrogen-bond acceptors (Lipinski definition) is 1. The molecule has 1 rings (SSSR count). The summed E-state index contributed by atoms with van der Waals surface area (Å²) in [7, 11) is 0. The lowest BCUT2D eigenvalue weighted by Crippen LogP contribution is -1.77. The Balaban J connectivity index is -0.000000224. The van der Waals surface area contributed by atoms with Crippen molar-refractivity contribution >= 4 is 22.2 Å². The number of aryl methyl sites for hydroxylation is 2. The Kier molecular flexibility index (Phi) is 22.4. The first-order valence-electron chi connectivity index (χ1n) is 7.42. The van der Waals surface area contributed by atoms with Gasteiger partial charge in [0.05, 0.1) is 0 Å². The molecule has 0 fully saturated rings. The van der Waals surface area contributed by atoms with Crippen LogP contribution in [0, 0.1) is 19.8 Å². The van der Waals surface area contributed by atoms with E-state index in [9.17, 15) is 0 Å². The fraction of sp³-hybridized carbons (Fsp3) is 0.611. The molecule has 0 bridgehead atoms. The molecule has 1 aromatic carbocycles. The Morgan fingerprint density at radius 3 is 1.70 bits per heavy atom. The highest BCUT2D eigenvalue weighted by atomic mass is 79.9. The van der Waals surface area contributed by atoms with Crippen molar-refractivity contribution in [2.75, 3.05) is 0 Å². The highest BCUT2D eigenvalue weighted by Crippen LogP contribution is 2.16. The van der Waals surface area contributed by atoms with Gasteiger partial charge in [-0.2, -0.15) is 0 Å². The standard InChI is InChI=1S/C8H9Br.C5H12.C3H8.C2H4O/c1-6-3-4-7(2)8(9)5-6;1-4-5(2)3;1-3-2;1-2-3/h3-5H,1-2H3;5H,4H2,1-3H3;3H2,1-2H3;2H,1H3. The quantitative estimate of drug-likeness (QED) is 0.515. The van der Waals surface area contributed by atoms with Crippen LogP contribution in [0.1, 0.15) is 65.5 Å². The van der Waals surface area contributed by atoms with Gasteiger partial charge in [0.15, 0.2) is 0 Å². The molecule has 0 spiro atoms. The summed E-state index contributed by atoms with van der Waals surface area (Å²) in [4.78, 5) is 8.81. The normalized spacial score (nSPS) is 8.30. The SMILES string of the molecule is CC=O.CCC.CCC(C)C.Cc1ccc(C)c(Br)c1. The minimum absolute atomic E-state index is 0.750. The van der Waals surface area contributed by atoms with Gasteiger partial charge in [0, 0.05) is 4.47 Å². The zero-order valence-electron chi connectivity index (χ0n) is 14.6. The molecule has 2 heteroatoms. The van der Waals surface area contributed by atoms with Crippen molar-refractivity contribution in [3.05, 3.63) is 33.8 Å². The van der Waals surface area contributed by atoms with Crippen molar-refractivity contribution in [1.82, 2.24) is 0 Å². The molecule has 0 aliphatic heterocycles. The first-order valence-corrected chi connectivity index (χ1v) is 8.22. The van der Waals surface area contributed by atoms with Gasteiger partial charge in [0.2, 0.25) is 0 Å². The summed E-state index contributed by atoms with van der Waals surface area (Å²) in [5.41, 5.74) is 2.59. The van der Waals surface area contributed by atoms with Crippen LogP contribution < -0.4 is 0 Å². The lowest BCUT2D eigenvalue weighted by atomic mass is 10.2. The third-order valence-electron chi connectivity index (χ3n) is 2.14. The fourth-order valence-electron chi connectivity index (χ4n) is 0.698. The summed E-state index contributed by atoms with van der Waals surface area (Å²) in [5, 5.41) is 0. The van der Waals surface area contributed by atoms with Gasteiger partial charge in [-0.3, -0.25) is 0 Å². The van der Waals surface area contributed by atoms with E-state index in [1.807, 2.05) is 0 Å². The Hall–Kier alpha value is -0.630. The number of carbonyl (C=O) groups excluding carboxylic acids is 1. The van der Waals surface area contributed by atoms with Gasteiger partial charge < -0.3 is 4.79 Å². The van der Waals surface area contributed by atoms with Crippen molar-refractivity contribution in [2.24, 2.45) is 5.92 Å². The highest BCUT2D eigenvalue weighted by molar-refractivity contribution is 9.10. The highest BCUT2D eigenvalue weighted by Gasteiger charge is 1.90. The van der Waals surface area contributed by atoms with E-state index in [1.54, 1.807) is 0 Å².